The van der Waals surface area contributed by atoms with E-state index in [1.807, 2.05) is 41.9 Å². The molecule has 0 N–H and O–H groups in total. The Morgan fingerprint density at radius 2 is 1.85 bits per heavy atom. The predicted molar refractivity (Wildman–Crippen MR) is 101 cm³/mol. The van der Waals surface area contributed by atoms with Gasteiger partial charge in [0, 0.05) is 24.7 Å². The van der Waals surface area contributed by atoms with E-state index in [2.05, 4.69) is 23.9 Å². The Balaban J connectivity index is 1.84. The van der Waals surface area contributed by atoms with Crippen molar-refractivity contribution in [2.24, 2.45) is 0 Å². The van der Waals surface area contributed by atoms with E-state index in [0.717, 1.165) is 22.3 Å². The van der Waals surface area contributed by atoms with Crippen molar-refractivity contribution < 1.29 is 9.53 Å². The van der Waals surface area contributed by atoms with E-state index >= 15 is 0 Å². The summed E-state index contributed by atoms with van der Waals surface area (Å²) in [4.78, 5) is 19.1. The first-order valence-electron chi connectivity index (χ1n) is 8.66. The number of ether oxygens (including phenoxy) is 1. The molecule has 6 heteroatoms. The Labute approximate surface area is 153 Å². The van der Waals surface area contributed by atoms with Gasteiger partial charge in [-0.2, -0.15) is 5.10 Å². The lowest BCUT2D eigenvalue weighted by atomic mass is 10.1. The molecule has 0 spiro atoms. The lowest BCUT2D eigenvalue weighted by Gasteiger charge is -2.25. The Bertz CT molecular complexity index is 915. The number of amides is 1. The molecule has 0 aliphatic carbocycles. The molecule has 2 heterocycles. The van der Waals surface area contributed by atoms with Gasteiger partial charge in [0.2, 0.25) is 0 Å². The van der Waals surface area contributed by atoms with E-state index in [1.165, 1.54) is 0 Å². The minimum atomic E-state index is -0.0694. The van der Waals surface area contributed by atoms with Crippen LogP contribution in [0.4, 0.5) is 0 Å². The predicted octanol–water partition coefficient (Wildman–Crippen LogP) is 3.85. The summed E-state index contributed by atoms with van der Waals surface area (Å²) in [5.74, 6) is 0.728. The van der Waals surface area contributed by atoms with E-state index in [9.17, 15) is 4.79 Å². The van der Waals surface area contributed by atoms with Crippen LogP contribution < -0.4 is 4.74 Å². The van der Waals surface area contributed by atoms with E-state index in [4.69, 9.17) is 4.74 Å². The van der Waals surface area contributed by atoms with Crippen molar-refractivity contribution in [3.8, 4) is 5.75 Å². The van der Waals surface area contributed by atoms with Crippen molar-refractivity contribution >= 4 is 16.9 Å². The molecule has 2 aromatic heterocycles. The number of pyridine rings is 1. The second-order valence-electron chi connectivity index (χ2n) is 6.68. The Morgan fingerprint density at radius 1 is 1.15 bits per heavy atom. The third-order valence-corrected chi connectivity index (χ3v) is 4.67. The molecule has 26 heavy (non-hydrogen) atoms. The van der Waals surface area contributed by atoms with Crippen LogP contribution in [0.15, 0.2) is 42.7 Å². The molecule has 0 fully saturated rings. The van der Waals surface area contributed by atoms with Crippen LogP contribution in [0.25, 0.3) is 11.0 Å². The largest absolute Gasteiger partial charge is 0.497 e. The molecule has 1 amide bonds. The lowest BCUT2D eigenvalue weighted by molar-refractivity contribution is 0.0742. The zero-order chi connectivity index (χ0) is 18.8. The molecule has 0 radical (unpaired) electrons. The molecule has 136 valence electrons. The highest BCUT2D eigenvalue weighted by Crippen LogP contribution is 2.24. The minimum Gasteiger partial charge on any atom is -0.497 e. The fourth-order valence-corrected chi connectivity index (χ4v) is 2.92. The Kier molecular flexibility index (Phi) is 4.93. The minimum absolute atomic E-state index is 0.0671. The zero-order valence-electron chi connectivity index (χ0n) is 15.8. The number of nitrogens with zero attached hydrogens (tertiary/aromatic N) is 4. The van der Waals surface area contributed by atoms with Gasteiger partial charge in [-0.15, -0.1) is 0 Å². The number of hydrogen-bond acceptors (Lipinski definition) is 4. The molecule has 0 bridgehead atoms. The van der Waals surface area contributed by atoms with E-state index in [1.54, 1.807) is 31.5 Å². The average Bonchev–Trinajstić information content (AvgIpc) is 3.09. The summed E-state index contributed by atoms with van der Waals surface area (Å²) in [6.07, 6.45) is 3.38. The Hall–Kier alpha value is -2.89. The molecule has 0 aliphatic rings. The van der Waals surface area contributed by atoms with Crippen molar-refractivity contribution in [3.05, 3.63) is 53.9 Å². The highest BCUT2D eigenvalue weighted by molar-refractivity contribution is 5.96. The van der Waals surface area contributed by atoms with Crippen LogP contribution in [0.2, 0.25) is 0 Å². The van der Waals surface area contributed by atoms with Gasteiger partial charge in [0.1, 0.15) is 5.75 Å². The van der Waals surface area contributed by atoms with Crippen molar-refractivity contribution in [2.75, 3.05) is 14.2 Å². The summed E-state index contributed by atoms with van der Waals surface area (Å²) in [6.45, 7) is 6.11. The third-order valence-electron chi connectivity index (χ3n) is 4.67. The van der Waals surface area contributed by atoms with Crippen molar-refractivity contribution in [1.29, 1.82) is 0 Å². The number of benzene rings is 1. The van der Waals surface area contributed by atoms with Crippen LogP contribution in [0.3, 0.4) is 0 Å². The molecular formula is C20H24N4O2. The highest BCUT2D eigenvalue weighted by atomic mass is 16.5. The fourth-order valence-electron chi connectivity index (χ4n) is 2.92. The number of hydrogen-bond donors (Lipinski definition) is 0. The number of aromatic nitrogens is 3. The van der Waals surface area contributed by atoms with Gasteiger partial charge in [-0.3, -0.25) is 4.79 Å². The summed E-state index contributed by atoms with van der Waals surface area (Å²) < 4.78 is 7.04. The van der Waals surface area contributed by atoms with Crippen LogP contribution in [0.1, 0.15) is 48.8 Å². The smallest absolute Gasteiger partial charge is 0.255 e. The van der Waals surface area contributed by atoms with Gasteiger partial charge in [-0.25, -0.2) is 9.67 Å². The molecule has 3 rings (SSSR count). The summed E-state index contributed by atoms with van der Waals surface area (Å²) in [7, 11) is 3.44. The lowest BCUT2D eigenvalue weighted by Crippen LogP contribution is -2.29. The normalized spacial score (nSPS) is 12.4. The summed E-state index contributed by atoms with van der Waals surface area (Å²) in [6, 6.07) is 9.76. The number of carbonyl (C=O) groups is 1. The molecule has 0 aliphatic heterocycles. The van der Waals surface area contributed by atoms with Crippen LogP contribution in [-0.4, -0.2) is 39.7 Å². The van der Waals surface area contributed by atoms with Gasteiger partial charge < -0.3 is 9.64 Å². The number of methoxy groups -OCH3 is 1. The number of carbonyl (C=O) groups excluding carboxylic acids is 1. The second-order valence-corrected chi connectivity index (χ2v) is 6.68. The van der Waals surface area contributed by atoms with Gasteiger partial charge in [-0.1, -0.05) is 12.1 Å². The van der Waals surface area contributed by atoms with Gasteiger partial charge >= 0.3 is 0 Å². The van der Waals surface area contributed by atoms with Gasteiger partial charge in [0.15, 0.2) is 5.65 Å². The summed E-state index contributed by atoms with van der Waals surface area (Å²) in [5.41, 5.74) is 2.40. The maximum atomic E-state index is 12.9. The second kappa shape index (κ2) is 7.15. The van der Waals surface area contributed by atoms with E-state index in [0.29, 0.717) is 5.56 Å². The zero-order valence-corrected chi connectivity index (χ0v) is 15.8. The third kappa shape index (κ3) is 3.27. The van der Waals surface area contributed by atoms with Crippen LogP contribution >= 0.6 is 0 Å². The summed E-state index contributed by atoms with van der Waals surface area (Å²) in [5, 5.41) is 5.23. The van der Waals surface area contributed by atoms with E-state index < -0.39 is 0 Å². The Morgan fingerprint density at radius 3 is 2.46 bits per heavy atom. The van der Waals surface area contributed by atoms with Crippen molar-refractivity contribution in [3.63, 3.8) is 0 Å². The molecular weight excluding hydrogens is 328 g/mol. The first kappa shape index (κ1) is 17.9. The summed E-state index contributed by atoms with van der Waals surface area (Å²) >= 11 is 0. The van der Waals surface area contributed by atoms with Crippen molar-refractivity contribution in [2.45, 2.75) is 32.9 Å². The van der Waals surface area contributed by atoms with Crippen LogP contribution in [0.5, 0.6) is 5.75 Å². The molecule has 0 saturated heterocycles. The van der Waals surface area contributed by atoms with Gasteiger partial charge in [-0.05, 0) is 44.5 Å². The van der Waals surface area contributed by atoms with Gasteiger partial charge in [0.05, 0.1) is 24.9 Å². The SMILES string of the molecule is COc1ccc(C(C)N(C)C(=O)c2cnc3c(cnn3C(C)C)c2)cc1. The maximum Gasteiger partial charge on any atom is 0.255 e. The average molecular weight is 352 g/mol. The maximum absolute atomic E-state index is 12.9. The topological polar surface area (TPSA) is 60.2 Å². The highest BCUT2D eigenvalue weighted by Gasteiger charge is 2.20. The van der Waals surface area contributed by atoms with Crippen LogP contribution in [0, 0.1) is 0 Å². The molecule has 0 saturated carbocycles. The van der Waals surface area contributed by atoms with E-state index in [-0.39, 0.29) is 18.0 Å². The standard InChI is InChI=1S/C20H24N4O2/c1-13(2)24-19-16(12-22-24)10-17(11-21-19)20(25)23(4)14(3)15-6-8-18(26-5)9-7-15/h6-14H,1-5H3. The monoisotopic (exact) mass is 352 g/mol. The molecule has 1 aromatic carbocycles. The van der Waals surface area contributed by atoms with Gasteiger partial charge in [0.25, 0.3) is 5.91 Å². The first-order chi connectivity index (χ1) is 12.4. The number of rotatable bonds is 5. The quantitative estimate of drug-likeness (QED) is 0.700. The fraction of sp³-hybridized carbons (Fsp3) is 0.350. The first-order valence-corrected chi connectivity index (χ1v) is 8.66. The van der Waals surface area contributed by atoms with Crippen molar-refractivity contribution in [1.82, 2.24) is 19.7 Å². The molecule has 1 atom stereocenters. The number of fused-ring (bicyclic) bond motifs is 1. The molecule has 6 nitrogen and oxygen atoms in total. The molecule has 1 unspecified atom stereocenters. The van der Waals surface area contributed by atoms with Crippen LogP contribution in [-0.2, 0) is 0 Å². The molecule has 3 aromatic rings.